The fourth-order valence-electron chi connectivity index (χ4n) is 2.22. The van der Waals surface area contributed by atoms with Crippen LogP contribution in [0.25, 0.3) is 0 Å². The molecule has 0 aliphatic rings. The summed E-state index contributed by atoms with van der Waals surface area (Å²) in [6.07, 6.45) is 3.37. The Hall–Kier alpha value is -2.61. The van der Waals surface area contributed by atoms with Gasteiger partial charge in [-0.05, 0) is 31.5 Å². The van der Waals surface area contributed by atoms with Crippen molar-refractivity contribution in [2.24, 2.45) is 12.0 Å². The normalized spacial score (nSPS) is 14.2. The van der Waals surface area contributed by atoms with E-state index in [0.29, 0.717) is 23.6 Å². The van der Waals surface area contributed by atoms with Crippen LogP contribution in [-0.2, 0) is 19.2 Å². The van der Waals surface area contributed by atoms with E-state index in [2.05, 4.69) is 20.7 Å². The van der Waals surface area contributed by atoms with Crippen molar-refractivity contribution in [3.05, 3.63) is 47.5 Å². The molecule has 2 aromatic rings. The maximum atomic E-state index is 13.4. The third-order valence-corrected chi connectivity index (χ3v) is 3.70. The largest absolute Gasteiger partial charge is 0.505 e. The van der Waals surface area contributed by atoms with E-state index >= 15 is 0 Å². The van der Waals surface area contributed by atoms with E-state index in [0.717, 1.165) is 0 Å². The smallest absolute Gasteiger partial charge is 0.191 e. The fraction of sp³-hybridized carbons (Fsp3) is 0.412. The highest BCUT2D eigenvalue weighted by Crippen LogP contribution is 2.19. The molecule has 1 heterocycles. The quantitative estimate of drug-likeness (QED) is 0.465. The molecule has 1 aromatic heterocycles. The summed E-state index contributed by atoms with van der Waals surface area (Å²) >= 11 is 0. The molecule has 1 aromatic carbocycles. The van der Waals surface area contributed by atoms with Crippen LogP contribution in [0, 0.1) is 5.82 Å². The van der Waals surface area contributed by atoms with Crippen molar-refractivity contribution in [3.63, 3.8) is 0 Å². The van der Waals surface area contributed by atoms with Gasteiger partial charge >= 0.3 is 0 Å². The standard InChI is InChI=1S/C17H24FN5O2/c1-4-19-16(20-8-12-5-6-15(24)14(18)7-12)21-11-17(2,25)13-9-22-23(3)10-13/h5-7,9-10,24-25H,4,8,11H2,1-3H3,(H2,19,20,21). The lowest BCUT2D eigenvalue weighted by atomic mass is 10.00. The highest BCUT2D eigenvalue weighted by Gasteiger charge is 2.24. The molecule has 0 saturated carbocycles. The first-order valence-corrected chi connectivity index (χ1v) is 8.03. The molecule has 2 rings (SSSR count). The van der Waals surface area contributed by atoms with Gasteiger partial charge in [-0.3, -0.25) is 4.68 Å². The predicted octanol–water partition coefficient (Wildman–Crippen LogP) is 1.23. The number of aryl methyl sites for hydroxylation is 1. The summed E-state index contributed by atoms with van der Waals surface area (Å²) in [6, 6.07) is 4.15. The van der Waals surface area contributed by atoms with Gasteiger partial charge in [0.2, 0.25) is 0 Å². The van der Waals surface area contributed by atoms with Crippen LogP contribution in [0.2, 0.25) is 0 Å². The van der Waals surface area contributed by atoms with Crippen molar-refractivity contribution in [1.82, 2.24) is 20.4 Å². The molecule has 4 N–H and O–H groups in total. The average molecular weight is 349 g/mol. The summed E-state index contributed by atoms with van der Waals surface area (Å²) in [4.78, 5) is 4.37. The minimum Gasteiger partial charge on any atom is -0.505 e. The average Bonchev–Trinajstić information content (AvgIpc) is 3.01. The Labute approximate surface area is 146 Å². The van der Waals surface area contributed by atoms with Crippen LogP contribution in [0.1, 0.15) is 25.0 Å². The van der Waals surface area contributed by atoms with E-state index in [9.17, 15) is 14.6 Å². The Kier molecular flexibility index (Phi) is 5.97. The zero-order valence-electron chi connectivity index (χ0n) is 14.6. The van der Waals surface area contributed by atoms with Gasteiger partial charge in [-0.25, -0.2) is 9.38 Å². The van der Waals surface area contributed by atoms with Gasteiger partial charge in [0.25, 0.3) is 0 Å². The summed E-state index contributed by atoms with van der Waals surface area (Å²) in [5, 5.41) is 30.0. The maximum absolute atomic E-state index is 13.4. The molecule has 1 unspecified atom stereocenters. The number of nitrogens with zero attached hydrogens (tertiary/aromatic N) is 3. The van der Waals surface area contributed by atoms with Crippen LogP contribution >= 0.6 is 0 Å². The van der Waals surface area contributed by atoms with E-state index < -0.39 is 11.4 Å². The van der Waals surface area contributed by atoms with Crippen molar-refractivity contribution in [2.75, 3.05) is 13.1 Å². The van der Waals surface area contributed by atoms with Gasteiger partial charge in [0.1, 0.15) is 5.60 Å². The Morgan fingerprint density at radius 1 is 1.40 bits per heavy atom. The summed E-state index contributed by atoms with van der Waals surface area (Å²) in [6.45, 7) is 4.73. The van der Waals surface area contributed by atoms with E-state index in [1.807, 2.05) is 6.92 Å². The SMILES string of the molecule is CCNC(=NCc1ccc(O)c(F)c1)NCC(C)(O)c1cnn(C)c1. The lowest BCUT2D eigenvalue weighted by molar-refractivity contribution is 0.0616. The minimum atomic E-state index is -1.12. The van der Waals surface area contributed by atoms with Crippen molar-refractivity contribution in [3.8, 4) is 5.75 Å². The van der Waals surface area contributed by atoms with Crippen LogP contribution in [0.3, 0.4) is 0 Å². The first-order chi connectivity index (χ1) is 11.8. The number of phenolic OH excluding ortho intramolecular Hbond substituents is 1. The summed E-state index contributed by atoms with van der Waals surface area (Å²) in [7, 11) is 1.79. The first-order valence-electron chi connectivity index (χ1n) is 8.03. The molecule has 0 bridgehead atoms. The number of aromatic hydroxyl groups is 1. The molecule has 0 saturated heterocycles. The Morgan fingerprint density at radius 2 is 2.16 bits per heavy atom. The van der Waals surface area contributed by atoms with E-state index in [4.69, 9.17) is 0 Å². The van der Waals surface area contributed by atoms with Crippen molar-refractivity contribution in [2.45, 2.75) is 26.0 Å². The summed E-state index contributed by atoms with van der Waals surface area (Å²) in [5.41, 5.74) is 0.209. The highest BCUT2D eigenvalue weighted by atomic mass is 19.1. The number of aromatic nitrogens is 2. The number of halogens is 1. The fourth-order valence-corrected chi connectivity index (χ4v) is 2.22. The molecule has 0 radical (unpaired) electrons. The first kappa shape index (κ1) is 18.7. The van der Waals surface area contributed by atoms with E-state index in [1.165, 1.54) is 12.1 Å². The molecule has 0 amide bonds. The molecule has 136 valence electrons. The van der Waals surface area contributed by atoms with Gasteiger partial charge in [-0.15, -0.1) is 0 Å². The number of hydrogen-bond acceptors (Lipinski definition) is 4. The van der Waals surface area contributed by atoms with E-state index in [1.54, 1.807) is 37.1 Å². The predicted molar refractivity (Wildman–Crippen MR) is 93.7 cm³/mol. The number of phenols is 1. The molecule has 8 heteroatoms. The molecular formula is C17H24FN5O2. The van der Waals surface area contributed by atoms with Crippen LogP contribution in [-0.4, -0.2) is 39.0 Å². The number of hydrogen-bond donors (Lipinski definition) is 4. The number of nitrogens with one attached hydrogen (secondary N) is 2. The number of rotatable bonds is 6. The maximum Gasteiger partial charge on any atom is 0.191 e. The zero-order valence-corrected chi connectivity index (χ0v) is 14.6. The van der Waals surface area contributed by atoms with Gasteiger partial charge in [-0.1, -0.05) is 6.07 Å². The number of benzene rings is 1. The molecule has 0 aliphatic heterocycles. The van der Waals surface area contributed by atoms with Crippen LogP contribution in [0.5, 0.6) is 5.75 Å². The summed E-state index contributed by atoms with van der Waals surface area (Å²) < 4.78 is 15.0. The van der Waals surface area contributed by atoms with Gasteiger partial charge < -0.3 is 20.8 Å². The monoisotopic (exact) mass is 349 g/mol. The highest BCUT2D eigenvalue weighted by molar-refractivity contribution is 5.79. The second-order valence-corrected chi connectivity index (χ2v) is 6.01. The lowest BCUT2D eigenvalue weighted by Gasteiger charge is -2.23. The Bertz CT molecular complexity index is 742. The third-order valence-electron chi connectivity index (χ3n) is 3.70. The van der Waals surface area contributed by atoms with Crippen LogP contribution in [0.4, 0.5) is 4.39 Å². The molecule has 7 nitrogen and oxygen atoms in total. The molecular weight excluding hydrogens is 325 g/mol. The second kappa shape index (κ2) is 7.98. The molecule has 0 aliphatic carbocycles. The van der Waals surface area contributed by atoms with Gasteiger partial charge in [0.05, 0.1) is 19.3 Å². The molecule has 25 heavy (non-hydrogen) atoms. The molecule has 0 fully saturated rings. The zero-order chi connectivity index (χ0) is 18.4. The van der Waals surface area contributed by atoms with Crippen LogP contribution in [0.15, 0.2) is 35.6 Å². The van der Waals surface area contributed by atoms with Gasteiger partial charge in [0, 0.05) is 25.4 Å². The van der Waals surface area contributed by atoms with Crippen molar-refractivity contribution in [1.29, 1.82) is 0 Å². The van der Waals surface area contributed by atoms with Gasteiger partial charge in [-0.2, -0.15) is 5.10 Å². The van der Waals surface area contributed by atoms with Crippen molar-refractivity contribution >= 4 is 5.96 Å². The lowest BCUT2D eigenvalue weighted by Crippen LogP contribution is -2.44. The van der Waals surface area contributed by atoms with Crippen molar-refractivity contribution < 1.29 is 14.6 Å². The van der Waals surface area contributed by atoms with Gasteiger partial charge in [0.15, 0.2) is 17.5 Å². The Morgan fingerprint density at radius 3 is 2.76 bits per heavy atom. The number of aliphatic imine (C=N–C) groups is 1. The number of aliphatic hydroxyl groups is 1. The molecule has 0 spiro atoms. The van der Waals surface area contributed by atoms with Crippen LogP contribution < -0.4 is 10.6 Å². The third kappa shape index (κ3) is 5.18. The number of guanidine groups is 1. The summed E-state index contributed by atoms with van der Waals surface area (Å²) in [5.74, 6) is -0.560. The molecule has 1 atom stereocenters. The van der Waals surface area contributed by atoms with E-state index in [-0.39, 0.29) is 18.8 Å². The second-order valence-electron chi connectivity index (χ2n) is 6.01. The minimum absolute atomic E-state index is 0.231. The topological polar surface area (TPSA) is 94.7 Å². The Balaban J connectivity index is 2.03.